The van der Waals surface area contributed by atoms with Gasteiger partial charge in [-0.15, -0.1) is 0 Å². The molecule has 0 aliphatic carbocycles. The van der Waals surface area contributed by atoms with Gasteiger partial charge in [-0.2, -0.15) is 5.10 Å². The zero-order valence-corrected chi connectivity index (χ0v) is 13.2. The van der Waals surface area contributed by atoms with Crippen molar-refractivity contribution in [3.63, 3.8) is 0 Å². The Morgan fingerprint density at radius 1 is 1.38 bits per heavy atom. The number of anilines is 1. The highest BCUT2D eigenvalue weighted by Crippen LogP contribution is 2.12. The van der Waals surface area contributed by atoms with Crippen molar-refractivity contribution in [1.29, 1.82) is 0 Å². The lowest BCUT2D eigenvalue weighted by atomic mass is 10.1. The van der Waals surface area contributed by atoms with Gasteiger partial charge in [-0.1, -0.05) is 13.8 Å². The molecule has 1 amide bonds. The van der Waals surface area contributed by atoms with E-state index in [1.54, 1.807) is 10.9 Å². The van der Waals surface area contributed by atoms with E-state index in [4.69, 9.17) is 4.74 Å². The first-order valence-electron chi connectivity index (χ1n) is 7.69. The maximum absolute atomic E-state index is 12.1. The van der Waals surface area contributed by atoms with Crippen LogP contribution in [0.1, 0.15) is 27.2 Å². The van der Waals surface area contributed by atoms with Gasteiger partial charge in [0.15, 0.2) is 0 Å². The van der Waals surface area contributed by atoms with E-state index in [2.05, 4.69) is 31.2 Å². The fourth-order valence-corrected chi connectivity index (χ4v) is 2.63. The van der Waals surface area contributed by atoms with Crippen LogP contribution in [0.2, 0.25) is 0 Å². The summed E-state index contributed by atoms with van der Waals surface area (Å²) in [6, 6.07) is 0.401. The average Bonchev–Trinajstić information content (AvgIpc) is 2.85. The van der Waals surface area contributed by atoms with Crippen LogP contribution in [0.3, 0.4) is 0 Å². The van der Waals surface area contributed by atoms with Gasteiger partial charge < -0.3 is 15.0 Å². The lowest BCUT2D eigenvalue weighted by Gasteiger charge is -2.26. The molecule has 1 aromatic rings. The minimum Gasteiger partial charge on any atom is -0.380 e. The van der Waals surface area contributed by atoms with Crippen LogP contribution in [0.5, 0.6) is 0 Å². The van der Waals surface area contributed by atoms with Gasteiger partial charge in [0.1, 0.15) is 6.54 Å². The number of carbonyl (C=O) groups is 1. The molecule has 0 spiro atoms. The Labute approximate surface area is 126 Å². The number of aromatic nitrogens is 2. The predicted molar refractivity (Wildman–Crippen MR) is 82.2 cm³/mol. The van der Waals surface area contributed by atoms with Crippen LogP contribution in [0.25, 0.3) is 0 Å². The third kappa shape index (κ3) is 5.04. The lowest BCUT2D eigenvalue weighted by Crippen LogP contribution is -2.42. The largest absolute Gasteiger partial charge is 0.380 e. The molecule has 1 aliphatic heterocycles. The number of hydrogen-bond donors (Lipinski definition) is 1. The second-order valence-electron chi connectivity index (χ2n) is 6.09. The Balaban J connectivity index is 1.83. The van der Waals surface area contributed by atoms with Crippen LogP contribution in [0, 0.1) is 5.92 Å². The molecule has 2 heterocycles. The highest BCUT2D eigenvalue weighted by molar-refractivity contribution is 5.76. The van der Waals surface area contributed by atoms with Crippen molar-refractivity contribution < 1.29 is 9.53 Å². The number of carbonyl (C=O) groups excluding carboxylic acids is 1. The summed E-state index contributed by atoms with van der Waals surface area (Å²) in [5.41, 5.74) is 0.970. The highest BCUT2D eigenvalue weighted by atomic mass is 16.5. The second-order valence-corrected chi connectivity index (χ2v) is 6.09. The molecule has 6 heteroatoms. The van der Waals surface area contributed by atoms with E-state index in [1.807, 2.05) is 11.1 Å². The van der Waals surface area contributed by atoms with E-state index in [1.165, 1.54) is 0 Å². The van der Waals surface area contributed by atoms with Crippen molar-refractivity contribution in [1.82, 2.24) is 14.7 Å². The summed E-state index contributed by atoms with van der Waals surface area (Å²) in [7, 11) is 0. The van der Waals surface area contributed by atoms with E-state index in [0.717, 1.165) is 12.1 Å². The molecule has 1 aliphatic rings. The monoisotopic (exact) mass is 294 g/mol. The maximum atomic E-state index is 12.1. The van der Waals surface area contributed by atoms with Crippen molar-refractivity contribution >= 4 is 11.6 Å². The third-order valence-electron chi connectivity index (χ3n) is 3.53. The van der Waals surface area contributed by atoms with Crippen LogP contribution >= 0.6 is 0 Å². The van der Waals surface area contributed by atoms with Gasteiger partial charge in [-0.05, 0) is 19.3 Å². The summed E-state index contributed by atoms with van der Waals surface area (Å²) in [5, 5.41) is 7.68. The molecule has 21 heavy (non-hydrogen) atoms. The summed E-state index contributed by atoms with van der Waals surface area (Å²) < 4.78 is 6.95. The number of amides is 1. The molecule has 0 aromatic carbocycles. The molecule has 0 bridgehead atoms. The Morgan fingerprint density at radius 2 is 2.10 bits per heavy atom. The van der Waals surface area contributed by atoms with Crippen LogP contribution in [-0.2, 0) is 16.1 Å². The minimum atomic E-state index is 0.100. The average molecular weight is 294 g/mol. The number of hydrogen-bond acceptors (Lipinski definition) is 4. The molecule has 6 nitrogen and oxygen atoms in total. The van der Waals surface area contributed by atoms with E-state index < -0.39 is 0 Å². The van der Waals surface area contributed by atoms with Gasteiger partial charge in [0.2, 0.25) is 5.91 Å². The molecule has 0 saturated carbocycles. The first-order chi connectivity index (χ1) is 10.0. The highest BCUT2D eigenvalue weighted by Gasteiger charge is 2.17. The van der Waals surface area contributed by atoms with Gasteiger partial charge in [0.05, 0.1) is 25.1 Å². The van der Waals surface area contributed by atoms with Crippen molar-refractivity contribution in [3.8, 4) is 0 Å². The molecular formula is C15H26N4O2. The van der Waals surface area contributed by atoms with E-state index >= 15 is 0 Å². The number of nitrogens with one attached hydrogen (secondary N) is 1. The van der Waals surface area contributed by atoms with Crippen LogP contribution in [-0.4, -0.2) is 52.9 Å². The third-order valence-corrected chi connectivity index (χ3v) is 3.53. The van der Waals surface area contributed by atoms with Gasteiger partial charge in [0.25, 0.3) is 0 Å². The first kappa shape index (κ1) is 15.8. The topological polar surface area (TPSA) is 59.4 Å². The number of ether oxygens (including phenoxy) is 1. The standard InChI is InChI=1S/C15H26N4O2/c1-12(2)8-13(3)17-14-9-16-19(10-14)11-15(20)18-4-6-21-7-5-18/h9-10,12-13,17H,4-8,11H2,1-3H3/t13-/m0/s1. The number of rotatable bonds is 6. The molecule has 1 fully saturated rings. The lowest BCUT2D eigenvalue weighted by molar-refractivity contribution is -0.136. The van der Waals surface area contributed by atoms with Crippen molar-refractivity contribution in [2.45, 2.75) is 39.8 Å². The normalized spacial score (nSPS) is 17.0. The molecule has 118 valence electrons. The van der Waals surface area contributed by atoms with Gasteiger partial charge in [-0.3, -0.25) is 9.48 Å². The maximum Gasteiger partial charge on any atom is 0.244 e. The number of nitrogens with zero attached hydrogens (tertiary/aromatic N) is 3. The summed E-state index contributed by atoms with van der Waals surface area (Å²) in [5.74, 6) is 0.758. The fraction of sp³-hybridized carbons (Fsp3) is 0.733. The zero-order valence-electron chi connectivity index (χ0n) is 13.2. The van der Waals surface area contributed by atoms with Gasteiger partial charge >= 0.3 is 0 Å². The Bertz CT molecular complexity index is 452. The summed E-state index contributed by atoms with van der Waals surface area (Å²) in [6.07, 6.45) is 4.79. The molecular weight excluding hydrogens is 268 g/mol. The van der Waals surface area contributed by atoms with Crippen molar-refractivity contribution in [3.05, 3.63) is 12.4 Å². The summed E-state index contributed by atoms with van der Waals surface area (Å²) >= 11 is 0. The van der Waals surface area contributed by atoms with Crippen LogP contribution in [0.15, 0.2) is 12.4 Å². The minimum absolute atomic E-state index is 0.100. The van der Waals surface area contributed by atoms with E-state index in [9.17, 15) is 4.79 Å². The SMILES string of the molecule is CC(C)C[C@H](C)Nc1cnn(CC(=O)N2CCOCC2)c1. The number of morpholine rings is 1. The summed E-state index contributed by atoms with van der Waals surface area (Å²) in [4.78, 5) is 14.0. The van der Waals surface area contributed by atoms with Crippen molar-refractivity contribution in [2.75, 3.05) is 31.6 Å². The Hall–Kier alpha value is -1.56. The van der Waals surface area contributed by atoms with Gasteiger partial charge in [0, 0.05) is 25.3 Å². The molecule has 2 rings (SSSR count). The molecule has 1 atom stereocenters. The molecule has 1 aromatic heterocycles. The fourth-order valence-electron chi connectivity index (χ4n) is 2.63. The molecule has 1 saturated heterocycles. The summed E-state index contributed by atoms with van der Waals surface area (Å²) in [6.45, 7) is 9.49. The molecule has 1 N–H and O–H groups in total. The predicted octanol–water partition coefficient (Wildman–Crippen LogP) is 1.59. The Kier molecular flexibility index (Phi) is 5.61. The van der Waals surface area contributed by atoms with Crippen molar-refractivity contribution in [2.24, 2.45) is 5.92 Å². The molecule has 0 radical (unpaired) electrons. The zero-order chi connectivity index (χ0) is 15.2. The van der Waals surface area contributed by atoms with E-state index in [0.29, 0.717) is 44.8 Å². The van der Waals surface area contributed by atoms with E-state index in [-0.39, 0.29) is 5.91 Å². The Morgan fingerprint density at radius 3 is 2.76 bits per heavy atom. The van der Waals surface area contributed by atoms with Gasteiger partial charge in [-0.25, -0.2) is 0 Å². The quantitative estimate of drug-likeness (QED) is 0.865. The molecule has 0 unspecified atom stereocenters. The smallest absolute Gasteiger partial charge is 0.244 e. The first-order valence-corrected chi connectivity index (χ1v) is 7.69. The van der Waals surface area contributed by atoms with Crippen LogP contribution < -0.4 is 5.32 Å². The van der Waals surface area contributed by atoms with Crippen LogP contribution in [0.4, 0.5) is 5.69 Å². The second kappa shape index (κ2) is 7.45.